The van der Waals surface area contributed by atoms with Gasteiger partial charge < -0.3 is 20.9 Å². The van der Waals surface area contributed by atoms with Crippen molar-refractivity contribution in [2.45, 2.75) is 19.9 Å². The fraction of sp³-hybridized carbons (Fsp3) is 0.727. The van der Waals surface area contributed by atoms with Crippen LogP contribution in [0.1, 0.15) is 13.8 Å². The first kappa shape index (κ1) is 14.4. The predicted molar refractivity (Wildman–Crippen MR) is 74.8 cm³/mol. The van der Waals surface area contributed by atoms with Crippen LogP contribution in [-0.4, -0.2) is 60.1 Å². The minimum Gasteiger partial charge on any atom is -0.368 e. The van der Waals surface area contributed by atoms with E-state index in [0.717, 1.165) is 13.1 Å². The Morgan fingerprint density at radius 3 is 2.39 bits per heavy atom. The Kier molecular flexibility index (Phi) is 5.08. The summed E-state index contributed by atoms with van der Waals surface area (Å²) in [6.45, 7) is 6.00. The molecule has 0 spiro atoms. The molecule has 3 N–H and O–H groups in total. The van der Waals surface area contributed by atoms with Gasteiger partial charge in [-0.05, 0) is 20.9 Å². The lowest BCUT2D eigenvalue weighted by atomic mass is 10.3. The Hall–Kier alpha value is -1.63. The Balaban J connectivity index is 2.57. The van der Waals surface area contributed by atoms with Crippen LogP contribution in [0.5, 0.6) is 0 Å². The van der Waals surface area contributed by atoms with E-state index in [1.165, 1.54) is 0 Å². The average molecular weight is 253 g/mol. The van der Waals surface area contributed by atoms with Crippen LogP contribution in [-0.2, 0) is 0 Å². The summed E-state index contributed by atoms with van der Waals surface area (Å²) in [5.74, 6) is 1.30. The summed E-state index contributed by atoms with van der Waals surface area (Å²) >= 11 is 0. The van der Waals surface area contributed by atoms with Crippen LogP contribution in [0.2, 0.25) is 0 Å². The van der Waals surface area contributed by atoms with Gasteiger partial charge >= 0.3 is 0 Å². The Bertz CT molecular complexity index is 378. The monoisotopic (exact) mass is 253 g/mol. The number of likely N-dealkylation sites (N-methyl/N-ethyl adjacent to an activating group) is 1. The van der Waals surface area contributed by atoms with E-state index in [4.69, 9.17) is 5.73 Å². The summed E-state index contributed by atoms with van der Waals surface area (Å²) in [7, 11) is 5.82. The maximum atomic E-state index is 5.64. The maximum Gasteiger partial charge on any atom is 0.231 e. The van der Waals surface area contributed by atoms with E-state index in [0.29, 0.717) is 17.9 Å². The van der Waals surface area contributed by atoms with Gasteiger partial charge in [0.05, 0.1) is 0 Å². The molecule has 0 unspecified atom stereocenters. The summed E-state index contributed by atoms with van der Waals surface area (Å²) < 4.78 is 0. The molecular weight excluding hydrogens is 230 g/mol. The molecule has 1 aromatic heterocycles. The van der Waals surface area contributed by atoms with E-state index < -0.39 is 0 Å². The van der Waals surface area contributed by atoms with E-state index in [-0.39, 0.29) is 5.95 Å². The molecule has 1 rings (SSSR count). The SMILES string of the molecule is CC(C)N(C)CCNc1nc(N)nc(N(C)C)n1. The van der Waals surface area contributed by atoms with Gasteiger partial charge in [0, 0.05) is 33.2 Å². The second-order valence-electron chi connectivity index (χ2n) is 4.71. The molecule has 0 bridgehead atoms. The molecule has 0 aliphatic heterocycles. The van der Waals surface area contributed by atoms with Crippen LogP contribution >= 0.6 is 0 Å². The lowest BCUT2D eigenvalue weighted by molar-refractivity contribution is 0.284. The molecule has 102 valence electrons. The number of nitrogen functional groups attached to an aromatic ring is 1. The number of nitrogens with one attached hydrogen (secondary N) is 1. The summed E-state index contributed by atoms with van der Waals surface area (Å²) in [5.41, 5.74) is 5.64. The van der Waals surface area contributed by atoms with Crippen LogP contribution in [0.25, 0.3) is 0 Å². The molecule has 1 heterocycles. The topological polar surface area (TPSA) is 83.2 Å². The first-order valence-electron chi connectivity index (χ1n) is 6.03. The van der Waals surface area contributed by atoms with Crippen molar-refractivity contribution in [3.63, 3.8) is 0 Å². The summed E-state index contributed by atoms with van der Waals surface area (Å²) in [5, 5.41) is 3.16. The van der Waals surface area contributed by atoms with Gasteiger partial charge in [-0.2, -0.15) is 15.0 Å². The molecule has 0 saturated heterocycles. The van der Waals surface area contributed by atoms with Gasteiger partial charge in [-0.1, -0.05) is 0 Å². The van der Waals surface area contributed by atoms with Crippen LogP contribution in [0.15, 0.2) is 0 Å². The number of aromatic nitrogens is 3. The van der Waals surface area contributed by atoms with Gasteiger partial charge in [-0.3, -0.25) is 0 Å². The molecule has 0 atom stereocenters. The molecular formula is C11H23N7. The molecule has 0 radical (unpaired) electrons. The third-order valence-electron chi connectivity index (χ3n) is 2.67. The van der Waals surface area contributed by atoms with Gasteiger partial charge in [0.15, 0.2) is 0 Å². The molecule has 7 heteroatoms. The smallest absolute Gasteiger partial charge is 0.231 e. The zero-order valence-corrected chi connectivity index (χ0v) is 11.8. The third kappa shape index (κ3) is 4.33. The highest BCUT2D eigenvalue weighted by atomic mass is 15.3. The van der Waals surface area contributed by atoms with Crippen molar-refractivity contribution in [1.29, 1.82) is 0 Å². The third-order valence-corrected chi connectivity index (χ3v) is 2.67. The predicted octanol–water partition coefficient (Wildman–Crippen LogP) is 0.272. The Morgan fingerprint density at radius 2 is 1.83 bits per heavy atom. The Morgan fingerprint density at radius 1 is 1.17 bits per heavy atom. The van der Waals surface area contributed by atoms with Gasteiger partial charge in [-0.15, -0.1) is 0 Å². The zero-order valence-electron chi connectivity index (χ0n) is 11.8. The Labute approximate surface area is 108 Å². The molecule has 0 aliphatic rings. The lowest BCUT2D eigenvalue weighted by Crippen LogP contribution is -2.31. The normalized spacial score (nSPS) is 11.1. The minimum absolute atomic E-state index is 0.230. The number of nitrogens with zero attached hydrogens (tertiary/aromatic N) is 5. The van der Waals surface area contributed by atoms with Gasteiger partial charge in [0.2, 0.25) is 17.8 Å². The summed E-state index contributed by atoms with van der Waals surface area (Å²) in [6, 6.07) is 0.521. The number of anilines is 3. The fourth-order valence-electron chi connectivity index (χ4n) is 1.26. The number of rotatable bonds is 6. The van der Waals surface area contributed by atoms with Gasteiger partial charge in [-0.25, -0.2) is 0 Å². The molecule has 0 fully saturated rings. The van der Waals surface area contributed by atoms with Crippen molar-refractivity contribution >= 4 is 17.8 Å². The van der Waals surface area contributed by atoms with Crippen LogP contribution in [0, 0.1) is 0 Å². The van der Waals surface area contributed by atoms with Crippen molar-refractivity contribution in [1.82, 2.24) is 19.9 Å². The van der Waals surface area contributed by atoms with Crippen molar-refractivity contribution in [3.05, 3.63) is 0 Å². The molecule has 1 aromatic rings. The highest BCUT2D eigenvalue weighted by Gasteiger charge is 2.06. The molecule has 0 aromatic carbocycles. The quantitative estimate of drug-likeness (QED) is 0.753. The van der Waals surface area contributed by atoms with Crippen molar-refractivity contribution in [2.24, 2.45) is 0 Å². The van der Waals surface area contributed by atoms with Crippen molar-refractivity contribution in [3.8, 4) is 0 Å². The molecule has 7 nitrogen and oxygen atoms in total. The first-order valence-corrected chi connectivity index (χ1v) is 6.03. The van der Waals surface area contributed by atoms with Gasteiger partial charge in [0.1, 0.15) is 0 Å². The average Bonchev–Trinajstić information content (AvgIpc) is 2.27. The molecule has 18 heavy (non-hydrogen) atoms. The second-order valence-corrected chi connectivity index (χ2v) is 4.71. The molecule has 0 saturated carbocycles. The van der Waals surface area contributed by atoms with Crippen LogP contribution in [0.4, 0.5) is 17.8 Å². The molecule has 0 aliphatic carbocycles. The summed E-state index contributed by atoms with van der Waals surface area (Å²) in [6.07, 6.45) is 0. The van der Waals surface area contributed by atoms with E-state index >= 15 is 0 Å². The van der Waals surface area contributed by atoms with Crippen molar-refractivity contribution < 1.29 is 0 Å². The molecule has 0 amide bonds. The highest BCUT2D eigenvalue weighted by molar-refractivity contribution is 5.40. The zero-order chi connectivity index (χ0) is 13.7. The van der Waals surface area contributed by atoms with Crippen LogP contribution in [0.3, 0.4) is 0 Å². The maximum absolute atomic E-state index is 5.64. The first-order chi connectivity index (χ1) is 8.40. The number of hydrogen-bond acceptors (Lipinski definition) is 7. The summed E-state index contributed by atoms with van der Waals surface area (Å²) in [4.78, 5) is 16.4. The lowest BCUT2D eigenvalue weighted by Gasteiger charge is -2.21. The van der Waals surface area contributed by atoms with Crippen LogP contribution < -0.4 is 16.0 Å². The minimum atomic E-state index is 0.230. The van der Waals surface area contributed by atoms with E-state index in [2.05, 4.69) is 46.1 Å². The van der Waals surface area contributed by atoms with E-state index in [9.17, 15) is 0 Å². The number of nitrogens with two attached hydrogens (primary N) is 1. The number of hydrogen-bond donors (Lipinski definition) is 2. The highest BCUT2D eigenvalue weighted by Crippen LogP contribution is 2.08. The van der Waals surface area contributed by atoms with E-state index in [1.54, 1.807) is 4.90 Å². The standard InChI is InChI=1S/C11H23N7/c1-8(2)18(5)7-6-13-10-14-9(12)15-11(16-10)17(3)4/h8H,6-7H2,1-5H3,(H3,12,13,14,15,16). The fourth-order valence-corrected chi connectivity index (χ4v) is 1.26. The van der Waals surface area contributed by atoms with E-state index in [1.807, 2.05) is 14.1 Å². The van der Waals surface area contributed by atoms with Gasteiger partial charge in [0.25, 0.3) is 0 Å². The van der Waals surface area contributed by atoms with Crippen molar-refractivity contribution in [2.75, 3.05) is 50.2 Å². The largest absolute Gasteiger partial charge is 0.368 e. The second kappa shape index (κ2) is 6.34.